The van der Waals surface area contributed by atoms with Crippen LogP contribution in [0.4, 0.5) is 17.5 Å². The van der Waals surface area contributed by atoms with Crippen LogP contribution in [0.15, 0.2) is 29.1 Å². The minimum Gasteiger partial charge on any atom is -0.356 e. The highest BCUT2D eigenvalue weighted by Gasteiger charge is 2.22. The molecule has 0 saturated carbocycles. The standard InChI is InChI=1S/C18H23BrN6/c1-14-10-15(19)12-20-18(14)25-8-6-24(7-9-25)17-11-16(21-13-22-17)23-4-2-3-5-23/h10-13H,2-9H2,1H3. The fourth-order valence-electron chi connectivity index (χ4n) is 3.64. The van der Waals surface area contributed by atoms with Crippen LogP contribution >= 0.6 is 15.9 Å². The van der Waals surface area contributed by atoms with Crippen LogP contribution in [0.25, 0.3) is 0 Å². The molecule has 4 rings (SSSR count). The highest BCUT2D eigenvalue weighted by atomic mass is 79.9. The molecule has 0 N–H and O–H groups in total. The van der Waals surface area contributed by atoms with Crippen LogP contribution in [0.2, 0.25) is 0 Å². The first-order chi connectivity index (χ1) is 12.2. The molecule has 0 spiro atoms. The van der Waals surface area contributed by atoms with Crippen molar-refractivity contribution < 1.29 is 0 Å². The maximum absolute atomic E-state index is 4.59. The number of hydrogen-bond donors (Lipinski definition) is 0. The Labute approximate surface area is 157 Å². The monoisotopic (exact) mass is 402 g/mol. The van der Waals surface area contributed by atoms with Crippen molar-refractivity contribution in [3.05, 3.63) is 34.7 Å². The smallest absolute Gasteiger partial charge is 0.134 e. The summed E-state index contributed by atoms with van der Waals surface area (Å²) >= 11 is 3.49. The van der Waals surface area contributed by atoms with Gasteiger partial charge in [-0.05, 0) is 47.3 Å². The lowest BCUT2D eigenvalue weighted by molar-refractivity contribution is 0.639. The van der Waals surface area contributed by atoms with E-state index in [1.807, 2.05) is 6.20 Å². The van der Waals surface area contributed by atoms with Crippen molar-refractivity contribution in [3.8, 4) is 0 Å². The van der Waals surface area contributed by atoms with Crippen molar-refractivity contribution in [1.82, 2.24) is 15.0 Å². The van der Waals surface area contributed by atoms with E-state index in [1.165, 1.54) is 18.4 Å². The topological polar surface area (TPSA) is 48.4 Å². The molecule has 2 aliphatic heterocycles. The molecular weight excluding hydrogens is 380 g/mol. The molecule has 2 aromatic heterocycles. The van der Waals surface area contributed by atoms with Gasteiger partial charge in [0.2, 0.25) is 0 Å². The fraction of sp³-hybridized carbons (Fsp3) is 0.500. The van der Waals surface area contributed by atoms with Gasteiger partial charge in [-0.25, -0.2) is 15.0 Å². The second-order valence-corrected chi connectivity index (χ2v) is 7.61. The van der Waals surface area contributed by atoms with Crippen molar-refractivity contribution in [2.45, 2.75) is 19.8 Å². The maximum Gasteiger partial charge on any atom is 0.134 e. The third kappa shape index (κ3) is 3.56. The van der Waals surface area contributed by atoms with Gasteiger partial charge in [-0.3, -0.25) is 0 Å². The molecule has 6 nitrogen and oxygen atoms in total. The van der Waals surface area contributed by atoms with Crippen molar-refractivity contribution in [2.24, 2.45) is 0 Å². The minimum absolute atomic E-state index is 0.952. The summed E-state index contributed by atoms with van der Waals surface area (Å²) in [5.41, 5.74) is 1.21. The Morgan fingerprint density at radius 3 is 2.04 bits per heavy atom. The quantitative estimate of drug-likeness (QED) is 0.786. The normalized spacial score (nSPS) is 18.1. The average Bonchev–Trinajstić information content (AvgIpc) is 3.17. The molecule has 2 aromatic rings. The van der Waals surface area contributed by atoms with E-state index in [0.29, 0.717) is 0 Å². The highest BCUT2D eigenvalue weighted by molar-refractivity contribution is 9.10. The zero-order valence-electron chi connectivity index (χ0n) is 14.5. The summed E-state index contributed by atoms with van der Waals surface area (Å²) in [5, 5.41) is 0. The Morgan fingerprint density at radius 1 is 0.800 bits per heavy atom. The van der Waals surface area contributed by atoms with Crippen LogP contribution < -0.4 is 14.7 Å². The van der Waals surface area contributed by atoms with Gasteiger partial charge < -0.3 is 14.7 Å². The van der Waals surface area contributed by atoms with Gasteiger partial charge in [-0.15, -0.1) is 0 Å². The number of aryl methyl sites for hydroxylation is 1. The molecule has 0 atom stereocenters. The number of aromatic nitrogens is 3. The second kappa shape index (κ2) is 7.15. The Hall–Kier alpha value is -1.89. The van der Waals surface area contributed by atoms with Crippen LogP contribution in [-0.2, 0) is 0 Å². The number of hydrogen-bond acceptors (Lipinski definition) is 6. The molecule has 0 radical (unpaired) electrons. The number of rotatable bonds is 3. The number of pyridine rings is 1. The predicted octanol–water partition coefficient (Wildman–Crippen LogP) is 2.87. The third-order valence-corrected chi connectivity index (χ3v) is 5.42. The van der Waals surface area contributed by atoms with Gasteiger partial charge in [0, 0.05) is 56.0 Å². The molecule has 2 saturated heterocycles. The van der Waals surface area contributed by atoms with E-state index in [0.717, 1.165) is 61.2 Å². The molecule has 0 unspecified atom stereocenters. The van der Waals surface area contributed by atoms with Gasteiger partial charge in [0.25, 0.3) is 0 Å². The number of nitrogens with zero attached hydrogens (tertiary/aromatic N) is 6. The van der Waals surface area contributed by atoms with Crippen LogP contribution in [0.3, 0.4) is 0 Å². The second-order valence-electron chi connectivity index (χ2n) is 6.70. The molecule has 0 amide bonds. The molecular formula is C18H23BrN6. The Balaban J connectivity index is 1.44. The summed E-state index contributed by atoms with van der Waals surface area (Å²) in [6.45, 7) is 8.15. The first kappa shape index (κ1) is 16.6. The first-order valence-electron chi connectivity index (χ1n) is 8.90. The molecule has 4 heterocycles. The average molecular weight is 403 g/mol. The SMILES string of the molecule is Cc1cc(Br)cnc1N1CCN(c2cc(N3CCCC3)ncn2)CC1. The molecule has 2 aliphatic rings. The fourth-order valence-corrected chi connectivity index (χ4v) is 4.09. The molecule has 0 aromatic carbocycles. The summed E-state index contributed by atoms with van der Waals surface area (Å²) in [4.78, 5) is 20.6. The largest absolute Gasteiger partial charge is 0.356 e. The van der Waals surface area contributed by atoms with Crippen molar-refractivity contribution in [2.75, 3.05) is 54.0 Å². The van der Waals surface area contributed by atoms with Crippen molar-refractivity contribution in [3.63, 3.8) is 0 Å². The Morgan fingerprint density at radius 2 is 1.40 bits per heavy atom. The van der Waals surface area contributed by atoms with E-state index >= 15 is 0 Å². The van der Waals surface area contributed by atoms with Crippen LogP contribution in [0.1, 0.15) is 18.4 Å². The molecule has 25 heavy (non-hydrogen) atoms. The minimum atomic E-state index is 0.952. The van der Waals surface area contributed by atoms with Crippen LogP contribution in [0, 0.1) is 6.92 Å². The van der Waals surface area contributed by atoms with E-state index in [2.05, 4.69) is 64.6 Å². The van der Waals surface area contributed by atoms with E-state index in [4.69, 9.17) is 0 Å². The number of halogens is 1. The van der Waals surface area contributed by atoms with Gasteiger partial charge in [-0.2, -0.15) is 0 Å². The highest BCUT2D eigenvalue weighted by Crippen LogP contribution is 2.25. The van der Waals surface area contributed by atoms with E-state index in [1.54, 1.807) is 6.33 Å². The third-order valence-electron chi connectivity index (χ3n) is 4.99. The lowest BCUT2D eigenvalue weighted by Crippen LogP contribution is -2.47. The van der Waals surface area contributed by atoms with Crippen molar-refractivity contribution >= 4 is 33.4 Å². The summed E-state index contributed by atoms with van der Waals surface area (Å²) in [6.07, 6.45) is 6.10. The lowest BCUT2D eigenvalue weighted by atomic mass is 10.2. The number of anilines is 3. The molecule has 0 aliphatic carbocycles. The van der Waals surface area contributed by atoms with Gasteiger partial charge in [0.05, 0.1) is 0 Å². The zero-order chi connectivity index (χ0) is 17.2. The van der Waals surface area contributed by atoms with E-state index < -0.39 is 0 Å². The van der Waals surface area contributed by atoms with Crippen molar-refractivity contribution in [1.29, 1.82) is 0 Å². The summed E-state index contributed by atoms with van der Waals surface area (Å²) in [7, 11) is 0. The van der Waals surface area contributed by atoms with Gasteiger partial charge in [0.15, 0.2) is 0 Å². The Bertz CT molecular complexity index is 738. The molecule has 2 fully saturated rings. The lowest BCUT2D eigenvalue weighted by Gasteiger charge is -2.36. The molecule has 132 valence electrons. The number of piperazine rings is 1. The predicted molar refractivity (Wildman–Crippen MR) is 105 cm³/mol. The van der Waals surface area contributed by atoms with Crippen LogP contribution in [0.5, 0.6) is 0 Å². The van der Waals surface area contributed by atoms with E-state index in [9.17, 15) is 0 Å². The summed E-state index contributed by atoms with van der Waals surface area (Å²) < 4.78 is 1.03. The maximum atomic E-state index is 4.59. The molecule has 0 bridgehead atoms. The van der Waals surface area contributed by atoms with E-state index in [-0.39, 0.29) is 0 Å². The summed E-state index contributed by atoms with van der Waals surface area (Å²) in [5.74, 6) is 3.19. The van der Waals surface area contributed by atoms with Gasteiger partial charge >= 0.3 is 0 Å². The zero-order valence-corrected chi connectivity index (χ0v) is 16.1. The Kier molecular flexibility index (Phi) is 4.74. The summed E-state index contributed by atoms with van der Waals surface area (Å²) in [6, 6.07) is 4.27. The van der Waals surface area contributed by atoms with Gasteiger partial charge in [-0.1, -0.05) is 0 Å². The molecule has 7 heteroatoms. The first-order valence-corrected chi connectivity index (χ1v) is 9.69. The van der Waals surface area contributed by atoms with Gasteiger partial charge in [0.1, 0.15) is 23.8 Å². The van der Waals surface area contributed by atoms with Crippen LogP contribution in [-0.4, -0.2) is 54.2 Å².